The number of anilines is 1. The summed E-state index contributed by atoms with van der Waals surface area (Å²) in [6, 6.07) is 9.88. The number of aliphatic hydroxyl groups is 1. The molecule has 1 aromatic carbocycles. The van der Waals surface area contributed by atoms with Crippen molar-refractivity contribution in [2.45, 2.75) is 20.3 Å². The van der Waals surface area contributed by atoms with E-state index in [9.17, 15) is 9.59 Å². The first-order valence-electron chi connectivity index (χ1n) is 7.75. The summed E-state index contributed by atoms with van der Waals surface area (Å²) in [6.45, 7) is 4.49. The normalized spacial score (nSPS) is 11.1. The number of furan rings is 1. The Morgan fingerprint density at radius 1 is 1.17 bits per heavy atom. The van der Waals surface area contributed by atoms with Gasteiger partial charge in [0.15, 0.2) is 5.76 Å². The van der Waals surface area contributed by atoms with Gasteiger partial charge in [-0.3, -0.25) is 9.59 Å². The maximum Gasteiger partial charge on any atom is 0.291 e. The van der Waals surface area contributed by atoms with E-state index in [2.05, 4.69) is 10.6 Å². The van der Waals surface area contributed by atoms with Crippen LogP contribution in [-0.4, -0.2) is 30.1 Å². The average molecular weight is 330 g/mol. The smallest absolute Gasteiger partial charge is 0.291 e. The van der Waals surface area contributed by atoms with Gasteiger partial charge in [0.1, 0.15) is 0 Å². The molecule has 1 aromatic heterocycles. The first-order valence-corrected chi connectivity index (χ1v) is 7.75. The monoisotopic (exact) mass is 330 g/mol. The Balaban J connectivity index is 1.99. The summed E-state index contributed by atoms with van der Waals surface area (Å²) in [7, 11) is 0. The van der Waals surface area contributed by atoms with Crippen molar-refractivity contribution in [1.29, 1.82) is 0 Å². The molecule has 24 heavy (non-hydrogen) atoms. The Hall–Kier alpha value is -2.60. The highest BCUT2D eigenvalue weighted by atomic mass is 16.3. The number of carbonyl (C=O) groups excluding carboxylic acids is 2. The minimum atomic E-state index is -0.373. The largest absolute Gasteiger partial charge is 0.459 e. The second kappa shape index (κ2) is 7.79. The summed E-state index contributed by atoms with van der Waals surface area (Å²) >= 11 is 0. The molecule has 2 rings (SSSR count). The standard InChI is InChI=1S/C18H22N2O4/c1-18(2,8-9-21)12-19-16(22)13-5-3-6-14(11-13)20-17(23)15-7-4-10-24-15/h3-7,10-11,21H,8-9,12H2,1-2H3,(H,19,22)(H,20,23). The lowest BCUT2D eigenvalue weighted by molar-refractivity contribution is 0.0927. The van der Waals surface area contributed by atoms with E-state index in [1.807, 2.05) is 13.8 Å². The molecule has 0 unspecified atom stereocenters. The molecule has 3 N–H and O–H groups in total. The van der Waals surface area contributed by atoms with Gasteiger partial charge in [-0.2, -0.15) is 0 Å². The van der Waals surface area contributed by atoms with Crippen LogP contribution in [0, 0.1) is 5.41 Å². The van der Waals surface area contributed by atoms with Crippen LogP contribution in [0.5, 0.6) is 0 Å². The predicted molar refractivity (Wildman–Crippen MR) is 90.9 cm³/mol. The van der Waals surface area contributed by atoms with Crippen LogP contribution in [0.1, 0.15) is 41.2 Å². The van der Waals surface area contributed by atoms with Crippen molar-refractivity contribution in [2.24, 2.45) is 5.41 Å². The van der Waals surface area contributed by atoms with Crippen LogP contribution in [-0.2, 0) is 0 Å². The van der Waals surface area contributed by atoms with Crippen LogP contribution in [0.4, 0.5) is 5.69 Å². The van der Waals surface area contributed by atoms with Crippen molar-refractivity contribution in [3.63, 3.8) is 0 Å². The molecule has 2 aromatic rings. The van der Waals surface area contributed by atoms with Crippen LogP contribution in [0.3, 0.4) is 0 Å². The number of carbonyl (C=O) groups is 2. The van der Waals surface area contributed by atoms with Crippen LogP contribution >= 0.6 is 0 Å². The Morgan fingerprint density at radius 3 is 2.62 bits per heavy atom. The maximum atomic E-state index is 12.3. The van der Waals surface area contributed by atoms with Gasteiger partial charge in [-0.25, -0.2) is 0 Å². The first kappa shape index (κ1) is 17.7. The minimum Gasteiger partial charge on any atom is -0.459 e. The first-order chi connectivity index (χ1) is 11.4. The minimum absolute atomic E-state index is 0.0805. The molecular formula is C18H22N2O4. The molecule has 0 radical (unpaired) electrons. The average Bonchev–Trinajstić information content (AvgIpc) is 3.07. The fourth-order valence-electron chi connectivity index (χ4n) is 2.15. The van der Waals surface area contributed by atoms with Gasteiger partial charge in [0.05, 0.1) is 6.26 Å². The Bertz CT molecular complexity index is 693. The number of aliphatic hydroxyl groups excluding tert-OH is 1. The molecular weight excluding hydrogens is 308 g/mol. The lowest BCUT2D eigenvalue weighted by Crippen LogP contribution is -2.34. The van der Waals surface area contributed by atoms with Crippen molar-refractivity contribution in [1.82, 2.24) is 5.32 Å². The summed E-state index contributed by atoms with van der Waals surface area (Å²) in [6.07, 6.45) is 2.03. The number of amides is 2. The highest BCUT2D eigenvalue weighted by Crippen LogP contribution is 2.18. The van der Waals surface area contributed by atoms with Crippen LogP contribution in [0.15, 0.2) is 47.1 Å². The number of benzene rings is 1. The molecule has 2 amide bonds. The number of hydrogen-bond donors (Lipinski definition) is 3. The van der Waals surface area contributed by atoms with Crippen LogP contribution in [0.25, 0.3) is 0 Å². The zero-order valence-corrected chi connectivity index (χ0v) is 13.8. The van der Waals surface area contributed by atoms with E-state index in [1.54, 1.807) is 36.4 Å². The van der Waals surface area contributed by atoms with E-state index >= 15 is 0 Å². The Labute approximate surface area is 140 Å². The third-order valence-electron chi connectivity index (χ3n) is 3.64. The predicted octanol–water partition coefficient (Wildman–Crippen LogP) is 2.67. The fraction of sp³-hybridized carbons (Fsp3) is 0.333. The van der Waals surface area contributed by atoms with Gasteiger partial charge in [-0.1, -0.05) is 19.9 Å². The van der Waals surface area contributed by atoms with Gasteiger partial charge in [0.25, 0.3) is 11.8 Å². The molecule has 0 saturated heterocycles. The topological polar surface area (TPSA) is 91.6 Å². The van der Waals surface area contributed by atoms with Gasteiger partial charge in [-0.05, 0) is 42.2 Å². The molecule has 0 aliphatic rings. The van der Waals surface area contributed by atoms with E-state index < -0.39 is 0 Å². The molecule has 0 aliphatic heterocycles. The van der Waals surface area contributed by atoms with Crippen LogP contribution < -0.4 is 10.6 Å². The van der Waals surface area contributed by atoms with Crippen molar-refractivity contribution >= 4 is 17.5 Å². The highest BCUT2D eigenvalue weighted by molar-refractivity contribution is 6.03. The van der Waals surface area contributed by atoms with Gasteiger partial charge in [-0.15, -0.1) is 0 Å². The molecule has 0 saturated carbocycles. The molecule has 6 heteroatoms. The lowest BCUT2D eigenvalue weighted by atomic mass is 9.89. The van der Waals surface area contributed by atoms with Gasteiger partial charge in [0.2, 0.25) is 0 Å². The van der Waals surface area contributed by atoms with Gasteiger partial charge >= 0.3 is 0 Å². The Kier molecular flexibility index (Phi) is 5.76. The summed E-state index contributed by atoms with van der Waals surface area (Å²) in [4.78, 5) is 24.2. The van der Waals surface area contributed by atoms with E-state index in [-0.39, 0.29) is 29.6 Å². The highest BCUT2D eigenvalue weighted by Gasteiger charge is 2.19. The Morgan fingerprint density at radius 2 is 1.96 bits per heavy atom. The van der Waals surface area contributed by atoms with Crippen molar-refractivity contribution in [3.8, 4) is 0 Å². The fourth-order valence-corrected chi connectivity index (χ4v) is 2.15. The summed E-state index contributed by atoms with van der Waals surface area (Å²) in [5.41, 5.74) is 0.779. The van der Waals surface area contributed by atoms with Crippen molar-refractivity contribution in [2.75, 3.05) is 18.5 Å². The van der Waals surface area contributed by atoms with E-state index in [4.69, 9.17) is 9.52 Å². The molecule has 0 fully saturated rings. The number of rotatable bonds is 7. The van der Waals surface area contributed by atoms with Gasteiger partial charge < -0.3 is 20.2 Å². The molecule has 0 bridgehead atoms. The summed E-state index contributed by atoms with van der Waals surface area (Å²) in [5.74, 6) is -0.396. The molecule has 0 spiro atoms. The third-order valence-corrected chi connectivity index (χ3v) is 3.64. The summed E-state index contributed by atoms with van der Waals surface area (Å²) < 4.78 is 5.03. The second-order valence-corrected chi connectivity index (χ2v) is 6.33. The van der Waals surface area contributed by atoms with E-state index in [0.717, 1.165) is 0 Å². The zero-order valence-electron chi connectivity index (χ0n) is 13.8. The number of hydrogen-bond acceptors (Lipinski definition) is 4. The van der Waals surface area contributed by atoms with E-state index in [1.165, 1.54) is 6.26 Å². The molecule has 0 aliphatic carbocycles. The molecule has 1 heterocycles. The molecule has 0 atom stereocenters. The number of nitrogens with one attached hydrogen (secondary N) is 2. The van der Waals surface area contributed by atoms with Crippen molar-refractivity contribution in [3.05, 3.63) is 54.0 Å². The van der Waals surface area contributed by atoms with Gasteiger partial charge in [0, 0.05) is 24.4 Å². The SMILES string of the molecule is CC(C)(CCO)CNC(=O)c1cccc(NC(=O)c2ccco2)c1. The third kappa shape index (κ3) is 4.96. The summed E-state index contributed by atoms with van der Waals surface area (Å²) in [5, 5.41) is 14.6. The molecule has 128 valence electrons. The second-order valence-electron chi connectivity index (χ2n) is 6.33. The lowest BCUT2D eigenvalue weighted by Gasteiger charge is -2.23. The molecule has 6 nitrogen and oxygen atoms in total. The van der Waals surface area contributed by atoms with Crippen molar-refractivity contribution < 1.29 is 19.1 Å². The van der Waals surface area contributed by atoms with Crippen LogP contribution in [0.2, 0.25) is 0 Å². The van der Waals surface area contributed by atoms with E-state index in [0.29, 0.717) is 24.2 Å². The maximum absolute atomic E-state index is 12.3. The quantitative estimate of drug-likeness (QED) is 0.728. The zero-order chi connectivity index (χ0) is 17.6.